The molecule has 0 saturated carbocycles. The van der Waals surface area contributed by atoms with Crippen LogP contribution in [0, 0.1) is 13.8 Å². The van der Waals surface area contributed by atoms with Gasteiger partial charge in [0.2, 0.25) is 10.0 Å². The molecule has 0 fully saturated rings. The highest BCUT2D eigenvalue weighted by Crippen LogP contribution is 2.24. The zero-order chi connectivity index (χ0) is 18.7. The smallest absolute Gasteiger partial charge is 0.245 e. The third-order valence-electron chi connectivity index (χ3n) is 3.82. The molecule has 0 unspecified atom stereocenters. The Kier molecular flexibility index (Phi) is 5.10. The summed E-state index contributed by atoms with van der Waals surface area (Å²) in [6.45, 7) is 3.33. The average Bonchev–Trinajstić information content (AvgIpc) is 3.21. The molecule has 0 aliphatic rings. The Hall–Kier alpha value is -2.65. The van der Waals surface area contributed by atoms with Crippen LogP contribution in [0.25, 0.3) is 11.3 Å². The lowest BCUT2D eigenvalue weighted by molar-refractivity contribution is 0.390. The minimum atomic E-state index is -3.68. The molecule has 0 bridgehead atoms. The fourth-order valence-electron chi connectivity index (χ4n) is 2.59. The standard InChI is InChI=1S/C17H19N3O5S/c1-11-17(12(2)24-19-11)26(21,22)18-8-7-14-10-16(25-20-14)13-5-4-6-15(9-13)23-3/h4-6,9-10,18H,7-8H2,1-3H3. The lowest BCUT2D eigenvalue weighted by Crippen LogP contribution is -2.26. The van der Waals surface area contributed by atoms with Gasteiger partial charge in [-0.3, -0.25) is 0 Å². The summed E-state index contributed by atoms with van der Waals surface area (Å²) in [5, 5.41) is 7.65. The summed E-state index contributed by atoms with van der Waals surface area (Å²) in [5.74, 6) is 1.57. The van der Waals surface area contributed by atoms with Crippen LogP contribution in [-0.4, -0.2) is 32.4 Å². The Labute approximate surface area is 151 Å². The fourth-order valence-corrected chi connectivity index (χ4v) is 3.94. The monoisotopic (exact) mass is 377 g/mol. The largest absolute Gasteiger partial charge is 0.497 e. The zero-order valence-corrected chi connectivity index (χ0v) is 15.5. The zero-order valence-electron chi connectivity index (χ0n) is 14.6. The molecule has 0 radical (unpaired) electrons. The first kappa shape index (κ1) is 18.2. The van der Waals surface area contributed by atoms with E-state index in [4.69, 9.17) is 13.8 Å². The lowest BCUT2D eigenvalue weighted by Gasteiger charge is -2.04. The Morgan fingerprint density at radius 2 is 1.96 bits per heavy atom. The molecule has 0 saturated heterocycles. The number of aromatic nitrogens is 2. The molecular formula is C17H19N3O5S. The number of sulfonamides is 1. The van der Waals surface area contributed by atoms with Crippen molar-refractivity contribution in [2.75, 3.05) is 13.7 Å². The van der Waals surface area contributed by atoms with Crippen LogP contribution in [0.3, 0.4) is 0 Å². The first-order valence-corrected chi connectivity index (χ1v) is 9.41. The Morgan fingerprint density at radius 1 is 1.15 bits per heavy atom. The highest BCUT2D eigenvalue weighted by Gasteiger charge is 2.23. The van der Waals surface area contributed by atoms with Crippen LogP contribution in [0.5, 0.6) is 5.75 Å². The molecule has 3 rings (SSSR count). The summed E-state index contributed by atoms with van der Waals surface area (Å²) in [4.78, 5) is 0.0784. The number of benzene rings is 1. The van der Waals surface area contributed by atoms with Crippen LogP contribution in [0.15, 0.2) is 44.3 Å². The maximum Gasteiger partial charge on any atom is 0.245 e. The summed E-state index contributed by atoms with van der Waals surface area (Å²) in [6, 6.07) is 9.19. The molecule has 1 N–H and O–H groups in total. The second kappa shape index (κ2) is 7.30. The molecule has 0 atom stereocenters. The van der Waals surface area contributed by atoms with Crippen molar-refractivity contribution in [1.82, 2.24) is 15.0 Å². The van der Waals surface area contributed by atoms with E-state index in [1.165, 1.54) is 0 Å². The van der Waals surface area contributed by atoms with Crippen molar-refractivity contribution >= 4 is 10.0 Å². The molecule has 2 heterocycles. The van der Waals surface area contributed by atoms with Crippen molar-refractivity contribution in [3.8, 4) is 17.1 Å². The SMILES string of the molecule is COc1cccc(-c2cc(CCNS(=O)(=O)c3c(C)noc3C)no2)c1. The van der Waals surface area contributed by atoms with Crippen molar-refractivity contribution in [3.63, 3.8) is 0 Å². The predicted molar refractivity (Wildman–Crippen MR) is 93.4 cm³/mol. The first-order chi connectivity index (χ1) is 12.4. The third kappa shape index (κ3) is 3.78. The van der Waals surface area contributed by atoms with Crippen LogP contribution in [0.1, 0.15) is 17.1 Å². The van der Waals surface area contributed by atoms with E-state index in [-0.39, 0.29) is 17.2 Å². The quantitative estimate of drug-likeness (QED) is 0.674. The number of methoxy groups -OCH3 is 1. The van der Waals surface area contributed by atoms with Crippen molar-refractivity contribution in [2.24, 2.45) is 0 Å². The topological polar surface area (TPSA) is 107 Å². The normalized spacial score (nSPS) is 11.7. The average molecular weight is 377 g/mol. The van der Waals surface area contributed by atoms with Gasteiger partial charge < -0.3 is 13.8 Å². The fraction of sp³-hybridized carbons (Fsp3) is 0.294. The minimum Gasteiger partial charge on any atom is -0.497 e. The third-order valence-corrected chi connectivity index (χ3v) is 5.53. The van der Waals surface area contributed by atoms with E-state index in [1.54, 1.807) is 27.0 Å². The molecule has 8 nitrogen and oxygen atoms in total. The van der Waals surface area contributed by atoms with Gasteiger partial charge in [-0.05, 0) is 26.0 Å². The predicted octanol–water partition coefficient (Wildman–Crippen LogP) is 2.48. The molecule has 26 heavy (non-hydrogen) atoms. The molecule has 2 aromatic heterocycles. The van der Waals surface area contributed by atoms with Gasteiger partial charge in [-0.25, -0.2) is 13.1 Å². The number of ether oxygens (including phenoxy) is 1. The lowest BCUT2D eigenvalue weighted by atomic mass is 10.1. The molecule has 0 spiro atoms. The van der Waals surface area contributed by atoms with Gasteiger partial charge in [0.05, 0.1) is 12.8 Å². The molecule has 1 aromatic carbocycles. The highest BCUT2D eigenvalue weighted by molar-refractivity contribution is 7.89. The van der Waals surface area contributed by atoms with E-state index in [1.807, 2.05) is 24.3 Å². The molecule has 3 aromatic rings. The molecule has 138 valence electrons. The van der Waals surface area contributed by atoms with Crippen LogP contribution in [-0.2, 0) is 16.4 Å². The summed E-state index contributed by atoms with van der Waals surface area (Å²) >= 11 is 0. The van der Waals surface area contributed by atoms with E-state index < -0.39 is 10.0 Å². The highest BCUT2D eigenvalue weighted by atomic mass is 32.2. The van der Waals surface area contributed by atoms with Crippen LogP contribution in [0.4, 0.5) is 0 Å². The van der Waals surface area contributed by atoms with Crippen molar-refractivity contribution < 1.29 is 22.2 Å². The first-order valence-electron chi connectivity index (χ1n) is 7.93. The van der Waals surface area contributed by atoms with Gasteiger partial charge in [0.25, 0.3) is 0 Å². The van der Waals surface area contributed by atoms with Gasteiger partial charge in [0.15, 0.2) is 11.5 Å². The number of rotatable bonds is 7. The number of hydrogen-bond acceptors (Lipinski definition) is 7. The Bertz CT molecular complexity index is 988. The number of hydrogen-bond donors (Lipinski definition) is 1. The van der Waals surface area contributed by atoms with Gasteiger partial charge in [-0.2, -0.15) is 0 Å². The van der Waals surface area contributed by atoms with E-state index in [2.05, 4.69) is 15.0 Å². The van der Waals surface area contributed by atoms with E-state index in [9.17, 15) is 8.42 Å². The molecule has 0 amide bonds. The van der Waals surface area contributed by atoms with Crippen LogP contribution in [0.2, 0.25) is 0 Å². The molecule has 0 aliphatic heterocycles. The Morgan fingerprint density at radius 3 is 2.65 bits per heavy atom. The Balaban J connectivity index is 1.65. The number of aryl methyl sites for hydroxylation is 2. The summed E-state index contributed by atoms with van der Waals surface area (Å²) in [5.41, 5.74) is 1.81. The van der Waals surface area contributed by atoms with Crippen molar-refractivity contribution in [1.29, 1.82) is 0 Å². The molecule has 9 heteroatoms. The molecule has 0 aliphatic carbocycles. The van der Waals surface area contributed by atoms with Gasteiger partial charge in [0.1, 0.15) is 16.3 Å². The minimum absolute atomic E-state index is 0.0784. The maximum atomic E-state index is 12.4. The second-order valence-corrected chi connectivity index (χ2v) is 7.42. The van der Waals surface area contributed by atoms with E-state index in [0.717, 1.165) is 5.56 Å². The maximum absolute atomic E-state index is 12.4. The second-order valence-electron chi connectivity index (χ2n) is 5.72. The summed E-state index contributed by atoms with van der Waals surface area (Å²) < 4.78 is 42.7. The van der Waals surface area contributed by atoms with Crippen LogP contribution >= 0.6 is 0 Å². The molecular weight excluding hydrogens is 358 g/mol. The van der Waals surface area contributed by atoms with Crippen LogP contribution < -0.4 is 9.46 Å². The number of nitrogens with zero attached hydrogens (tertiary/aromatic N) is 2. The van der Waals surface area contributed by atoms with Crippen molar-refractivity contribution in [2.45, 2.75) is 25.2 Å². The number of nitrogens with one attached hydrogen (secondary N) is 1. The van der Waals surface area contributed by atoms with Gasteiger partial charge in [-0.1, -0.05) is 22.4 Å². The van der Waals surface area contributed by atoms with Gasteiger partial charge in [0, 0.05) is 24.6 Å². The van der Waals surface area contributed by atoms with Gasteiger partial charge in [-0.15, -0.1) is 0 Å². The summed E-state index contributed by atoms with van der Waals surface area (Å²) in [7, 11) is -2.09. The van der Waals surface area contributed by atoms with Crippen molar-refractivity contribution in [3.05, 3.63) is 47.5 Å². The van der Waals surface area contributed by atoms with E-state index >= 15 is 0 Å². The van der Waals surface area contributed by atoms with E-state index in [0.29, 0.717) is 29.3 Å². The summed E-state index contributed by atoms with van der Waals surface area (Å²) in [6.07, 6.45) is 0.385. The van der Waals surface area contributed by atoms with Gasteiger partial charge >= 0.3 is 0 Å².